The molecule has 4 rings (SSSR count). The largest absolute Gasteiger partial charge is 0.454 e. The van der Waals surface area contributed by atoms with Crippen LogP contribution in [0, 0.1) is 11.6 Å². The van der Waals surface area contributed by atoms with Crippen molar-refractivity contribution in [2.24, 2.45) is 0 Å². The molecule has 0 fully saturated rings. The maximum atomic E-state index is 13.7. The molecule has 2 heterocycles. The van der Waals surface area contributed by atoms with Crippen molar-refractivity contribution in [3.8, 4) is 11.5 Å². The number of hydrogen-bond acceptors (Lipinski definition) is 5. The number of benzene rings is 2. The van der Waals surface area contributed by atoms with Crippen LogP contribution in [0.25, 0.3) is 0 Å². The van der Waals surface area contributed by atoms with Crippen molar-refractivity contribution in [3.05, 3.63) is 77.6 Å². The van der Waals surface area contributed by atoms with Gasteiger partial charge < -0.3 is 20.1 Å². The molecule has 0 spiro atoms. The number of anilines is 2. The number of carbonyl (C=O) groups is 2. The summed E-state index contributed by atoms with van der Waals surface area (Å²) in [4.78, 5) is 28.7. The van der Waals surface area contributed by atoms with Crippen LogP contribution in [0.5, 0.6) is 11.5 Å². The fourth-order valence-corrected chi connectivity index (χ4v) is 2.67. The van der Waals surface area contributed by atoms with E-state index in [1.54, 1.807) is 18.2 Å². The molecule has 0 radical (unpaired) electrons. The van der Waals surface area contributed by atoms with Crippen molar-refractivity contribution in [3.63, 3.8) is 0 Å². The molecule has 2 N–H and O–H groups in total. The van der Waals surface area contributed by atoms with Crippen molar-refractivity contribution >= 4 is 23.2 Å². The second kappa shape index (κ2) is 7.55. The SMILES string of the molecule is O=C(Nc1c(F)cccc1F)c1ccnc(C(=O)Nc2ccc3c(c2)OCO3)c1. The lowest BCUT2D eigenvalue weighted by Crippen LogP contribution is -2.17. The number of fused-ring (bicyclic) bond motifs is 1. The first-order valence-electron chi connectivity index (χ1n) is 8.44. The van der Waals surface area contributed by atoms with Crippen LogP contribution in [0.1, 0.15) is 20.8 Å². The number of rotatable bonds is 4. The van der Waals surface area contributed by atoms with Crippen molar-refractivity contribution in [1.29, 1.82) is 0 Å². The minimum absolute atomic E-state index is 0.0125. The van der Waals surface area contributed by atoms with Gasteiger partial charge in [-0.2, -0.15) is 0 Å². The van der Waals surface area contributed by atoms with Gasteiger partial charge in [0.1, 0.15) is 23.0 Å². The number of pyridine rings is 1. The molecule has 0 unspecified atom stereocenters. The number of nitrogens with zero attached hydrogens (tertiary/aromatic N) is 1. The summed E-state index contributed by atoms with van der Waals surface area (Å²) in [6.45, 7) is 0.105. The number of ether oxygens (including phenoxy) is 2. The first-order chi connectivity index (χ1) is 14.0. The van der Waals surface area contributed by atoms with E-state index in [0.717, 1.165) is 12.1 Å². The van der Waals surface area contributed by atoms with Gasteiger partial charge in [-0.3, -0.25) is 14.6 Å². The molecule has 9 heteroatoms. The molecule has 7 nitrogen and oxygen atoms in total. The maximum absolute atomic E-state index is 13.7. The van der Waals surface area contributed by atoms with E-state index in [0.29, 0.717) is 17.2 Å². The Morgan fingerprint density at radius 3 is 2.45 bits per heavy atom. The maximum Gasteiger partial charge on any atom is 0.274 e. The average Bonchev–Trinajstić information content (AvgIpc) is 3.18. The average molecular weight is 397 g/mol. The zero-order chi connectivity index (χ0) is 20.4. The minimum Gasteiger partial charge on any atom is -0.454 e. The van der Waals surface area contributed by atoms with Crippen LogP contribution in [0.4, 0.5) is 20.2 Å². The van der Waals surface area contributed by atoms with Crippen molar-refractivity contribution in [2.45, 2.75) is 0 Å². The Bertz CT molecular complexity index is 1100. The third kappa shape index (κ3) is 3.84. The van der Waals surface area contributed by atoms with Gasteiger partial charge in [0.15, 0.2) is 11.5 Å². The molecular formula is C20H13F2N3O4. The lowest BCUT2D eigenvalue weighted by molar-refractivity contribution is 0.102. The summed E-state index contributed by atoms with van der Waals surface area (Å²) in [6, 6.07) is 10.6. The van der Waals surface area contributed by atoms with Crippen LogP contribution < -0.4 is 20.1 Å². The van der Waals surface area contributed by atoms with Gasteiger partial charge >= 0.3 is 0 Å². The summed E-state index contributed by atoms with van der Waals surface area (Å²) in [5.41, 5.74) is -0.159. The Hall–Kier alpha value is -4.01. The standard InChI is InChI=1S/C20H13F2N3O4/c21-13-2-1-3-14(22)18(13)25-19(26)11-6-7-23-15(8-11)20(27)24-12-4-5-16-17(9-12)29-10-28-16/h1-9H,10H2,(H,24,27)(H,25,26). The molecule has 1 aromatic heterocycles. The van der Waals surface area contributed by atoms with Gasteiger partial charge in [-0.15, -0.1) is 0 Å². The van der Waals surface area contributed by atoms with Gasteiger partial charge in [0, 0.05) is 23.5 Å². The number of halogens is 2. The molecule has 29 heavy (non-hydrogen) atoms. The predicted molar refractivity (Wildman–Crippen MR) is 99.1 cm³/mol. The third-order valence-electron chi connectivity index (χ3n) is 4.09. The monoisotopic (exact) mass is 397 g/mol. The van der Waals surface area contributed by atoms with Crippen molar-refractivity contribution < 1.29 is 27.8 Å². The lowest BCUT2D eigenvalue weighted by Gasteiger charge is -2.09. The minimum atomic E-state index is -0.909. The van der Waals surface area contributed by atoms with E-state index in [1.165, 1.54) is 24.4 Å². The number of para-hydroxylation sites is 1. The second-order valence-electron chi connectivity index (χ2n) is 6.00. The summed E-state index contributed by atoms with van der Waals surface area (Å²) >= 11 is 0. The molecule has 2 amide bonds. The lowest BCUT2D eigenvalue weighted by atomic mass is 10.2. The van der Waals surface area contributed by atoms with Crippen molar-refractivity contribution in [2.75, 3.05) is 17.4 Å². The Kier molecular flexibility index (Phi) is 4.78. The summed E-state index contributed by atoms with van der Waals surface area (Å²) in [5.74, 6) is -2.11. The zero-order valence-electron chi connectivity index (χ0n) is 14.7. The molecule has 0 bridgehead atoms. The Balaban J connectivity index is 1.50. The van der Waals surface area contributed by atoms with Crippen LogP contribution in [0.3, 0.4) is 0 Å². The van der Waals surface area contributed by atoms with Crippen LogP contribution >= 0.6 is 0 Å². The number of amides is 2. The normalized spacial score (nSPS) is 11.8. The summed E-state index contributed by atoms with van der Waals surface area (Å²) in [7, 11) is 0. The van der Waals surface area contributed by atoms with E-state index in [2.05, 4.69) is 15.6 Å². The van der Waals surface area contributed by atoms with Crippen LogP contribution in [-0.2, 0) is 0 Å². The summed E-state index contributed by atoms with van der Waals surface area (Å²) < 4.78 is 37.9. The van der Waals surface area contributed by atoms with Gasteiger partial charge in [0.25, 0.3) is 11.8 Å². The highest BCUT2D eigenvalue weighted by Crippen LogP contribution is 2.34. The van der Waals surface area contributed by atoms with Crippen LogP contribution in [0.15, 0.2) is 54.7 Å². The van der Waals surface area contributed by atoms with Gasteiger partial charge in [-0.1, -0.05) is 6.07 Å². The highest BCUT2D eigenvalue weighted by Gasteiger charge is 2.17. The first-order valence-corrected chi connectivity index (χ1v) is 8.44. The fraction of sp³-hybridized carbons (Fsp3) is 0.0500. The quantitative estimate of drug-likeness (QED) is 0.702. The van der Waals surface area contributed by atoms with Gasteiger partial charge in [0.05, 0.1) is 0 Å². The van der Waals surface area contributed by atoms with Gasteiger partial charge in [-0.05, 0) is 36.4 Å². The number of carbonyl (C=O) groups excluding carboxylic acids is 2. The second-order valence-corrected chi connectivity index (χ2v) is 6.00. The molecule has 146 valence electrons. The summed E-state index contributed by atoms with van der Waals surface area (Å²) in [5, 5.41) is 4.79. The third-order valence-corrected chi connectivity index (χ3v) is 4.09. The van der Waals surface area contributed by atoms with E-state index in [4.69, 9.17) is 9.47 Å². The highest BCUT2D eigenvalue weighted by molar-refractivity contribution is 6.08. The van der Waals surface area contributed by atoms with Crippen molar-refractivity contribution in [1.82, 2.24) is 4.98 Å². The van der Waals surface area contributed by atoms with E-state index >= 15 is 0 Å². The Morgan fingerprint density at radius 2 is 1.66 bits per heavy atom. The molecule has 0 atom stereocenters. The van der Waals surface area contributed by atoms with E-state index < -0.39 is 29.1 Å². The smallest absolute Gasteiger partial charge is 0.274 e. The highest BCUT2D eigenvalue weighted by atomic mass is 19.1. The Morgan fingerprint density at radius 1 is 0.897 bits per heavy atom. The first kappa shape index (κ1) is 18.4. The number of aromatic nitrogens is 1. The van der Waals surface area contributed by atoms with Gasteiger partial charge in [0.2, 0.25) is 6.79 Å². The summed E-state index contributed by atoms with van der Waals surface area (Å²) in [6.07, 6.45) is 1.25. The molecule has 1 aliphatic rings. The van der Waals surface area contributed by atoms with Crippen LogP contribution in [0.2, 0.25) is 0 Å². The molecule has 3 aromatic rings. The number of nitrogens with one attached hydrogen (secondary N) is 2. The topological polar surface area (TPSA) is 89.6 Å². The molecular weight excluding hydrogens is 384 g/mol. The van der Waals surface area contributed by atoms with Gasteiger partial charge in [-0.25, -0.2) is 8.78 Å². The number of hydrogen-bond donors (Lipinski definition) is 2. The van der Waals surface area contributed by atoms with E-state index in [1.807, 2.05) is 0 Å². The van der Waals surface area contributed by atoms with E-state index in [9.17, 15) is 18.4 Å². The predicted octanol–water partition coefficient (Wildman–Crippen LogP) is 3.59. The molecule has 2 aromatic carbocycles. The fourth-order valence-electron chi connectivity index (χ4n) is 2.67. The zero-order valence-corrected chi connectivity index (χ0v) is 14.7. The molecule has 0 aliphatic carbocycles. The Labute approximate surface area is 163 Å². The molecule has 0 saturated carbocycles. The van der Waals surface area contributed by atoms with E-state index in [-0.39, 0.29) is 18.1 Å². The molecule has 1 aliphatic heterocycles. The van der Waals surface area contributed by atoms with Crippen LogP contribution in [-0.4, -0.2) is 23.6 Å². The molecule has 0 saturated heterocycles.